The Hall–Kier alpha value is -3.79. The summed E-state index contributed by atoms with van der Waals surface area (Å²) in [6.07, 6.45) is 1.48. The molecule has 2 aromatic heterocycles. The molecule has 0 spiro atoms. The zero-order valence-electron chi connectivity index (χ0n) is 15.6. The third kappa shape index (κ3) is 3.78. The third-order valence-electron chi connectivity index (χ3n) is 4.09. The van der Waals surface area contributed by atoms with Gasteiger partial charge in [-0.25, -0.2) is 9.67 Å². The van der Waals surface area contributed by atoms with E-state index in [1.807, 2.05) is 18.2 Å². The molecule has 0 aliphatic heterocycles. The molecule has 29 heavy (non-hydrogen) atoms. The molecule has 2 aromatic carbocycles. The Balaban J connectivity index is 1.56. The molecule has 9 nitrogen and oxygen atoms in total. The minimum atomic E-state index is -0.316. The van der Waals surface area contributed by atoms with Gasteiger partial charge in [0.2, 0.25) is 0 Å². The van der Waals surface area contributed by atoms with E-state index in [4.69, 9.17) is 9.47 Å². The van der Waals surface area contributed by atoms with Crippen LogP contribution in [0.1, 0.15) is 10.5 Å². The lowest BCUT2D eigenvalue weighted by Gasteiger charge is -2.10. The fraction of sp³-hybridized carbons (Fsp3) is 0.105. The molecule has 0 saturated heterocycles. The maximum absolute atomic E-state index is 12.7. The molecule has 146 valence electrons. The summed E-state index contributed by atoms with van der Waals surface area (Å²) >= 11 is 1.35. The Kier molecular flexibility index (Phi) is 5.16. The fourth-order valence-electron chi connectivity index (χ4n) is 2.76. The van der Waals surface area contributed by atoms with E-state index in [2.05, 4.69) is 25.8 Å². The molecule has 0 fully saturated rings. The van der Waals surface area contributed by atoms with Crippen LogP contribution in [0.5, 0.6) is 11.5 Å². The number of carbonyl (C=O) groups is 1. The van der Waals surface area contributed by atoms with E-state index < -0.39 is 0 Å². The van der Waals surface area contributed by atoms with Crippen LogP contribution in [0.15, 0.2) is 54.2 Å². The zero-order chi connectivity index (χ0) is 20.2. The monoisotopic (exact) mass is 408 g/mol. The smallest absolute Gasteiger partial charge is 0.275 e. The predicted molar refractivity (Wildman–Crippen MR) is 108 cm³/mol. The van der Waals surface area contributed by atoms with Crippen LogP contribution in [0.3, 0.4) is 0 Å². The molecule has 1 amide bonds. The third-order valence-corrected chi connectivity index (χ3v) is 4.96. The molecular formula is C19H16N6O3S. The second kappa shape index (κ2) is 8.07. The van der Waals surface area contributed by atoms with Gasteiger partial charge >= 0.3 is 0 Å². The Bertz CT molecular complexity index is 1140. The standard InChI is InChI=1S/C19H16N6O3S/c1-27-16-8-4-7-14(17(16)28-2)19-22-15(10-29-19)18(26)21-12-5-3-6-13(9-12)25-11-20-23-24-25/h3-11H,1-2H3,(H,21,26). The minimum absolute atomic E-state index is 0.308. The number of ether oxygens (including phenoxy) is 2. The van der Waals surface area contributed by atoms with Crippen molar-refractivity contribution in [2.75, 3.05) is 19.5 Å². The first-order valence-electron chi connectivity index (χ1n) is 8.51. The van der Waals surface area contributed by atoms with Crippen LogP contribution >= 0.6 is 11.3 Å². The number of hydrogen-bond acceptors (Lipinski definition) is 8. The molecule has 0 saturated carbocycles. The fourth-order valence-corrected chi connectivity index (χ4v) is 3.58. The van der Waals surface area contributed by atoms with Crippen LogP contribution in [0.2, 0.25) is 0 Å². The molecule has 4 aromatic rings. The Labute approximate surface area is 169 Å². The highest BCUT2D eigenvalue weighted by Crippen LogP contribution is 2.39. The summed E-state index contributed by atoms with van der Waals surface area (Å²) < 4.78 is 12.3. The first-order chi connectivity index (χ1) is 14.2. The van der Waals surface area contributed by atoms with Crippen molar-refractivity contribution in [3.05, 3.63) is 59.9 Å². The van der Waals surface area contributed by atoms with Gasteiger partial charge in [-0.05, 0) is 40.8 Å². The van der Waals surface area contributed by atoms with Gasteiger partial charge in [0, 0.05) is 11.1 Å². The van der Waals surface area contributed by atoms with Crippen LogP contribution in [-0.4, -0.2) is 45.3 Å². The Morgan fingerprint density at radius 1 is 1.14 bits per heavy atom. The first kappa shape index (κ1) is 18.6. The van der Waals surface area contributed by atoms with E-state index in [1.165, 1.54) is 22.3 Å². The molecule has 0 atom stereocenters. The van der Waals surface area contributed by atoms with Crippen molar-refractivity contribution in [1.29, 1.82) is 0 Å². The number of methoxy groups -OCH3 is 2. The lowest BCUT2D eigenvalue weighted by molar-refractivity contribution is 0.102. The number of hydrogen-bond donors (Lipinski definition) is 1. The van der Waals surface area contributed by atoms with E-state index >= 15 is 0 Å². The minimum Gasteiger partial charge on any atom is -0.493 e. The number of para-hydroxylation sites is 1. The topological polar surface area (TPSA) is 104 Å². The highest BCUT2D eigenvalue weighted by atomic mass is 32.1. The number of carbonyl (C=O) groups excluding carboxylic acids is 1. The summed E-state index contributed by atoms with van der Waals surface area (Å²) in [7, 11) is 3.14. The second-order valence-corrected chi connectivity index (χ2v) is 6.70. The lowest BCUT2D eigenvalue weighted by atomic mass is 10.2. The normalized spacial score (nSPS) is 10.6. The van der Waals surface area contributed by atoms with Crippen LogP contribution in [0.4, 0.5) is 5.69 Å². The van der Waals surface area contributed by atoms with E-state index in [-0.39, 0.29) is 5.91 Å². The number of benzene rings is 2. The molecule has 0 aliphatic rings. The van der Waals surface area contributed by atoms with Crippen LogP contribution in [0, 0.1) is 0 Å². The van der Waals surface area contributed by atoms with Crippen molar-refractivity contribution in [2.45, 2.75) is 0 Å². The van der Waals surface area contributed by atoms with Gasteiger partial charge in [0.1, 0.15) is 17.0 Å². The van der Waals surface area contributed by atoms with Crippen molar-refractivity contribution in [3.63, 3.8) is 0 Å². The number of nitrogens with zero attached hydrogens (tertiary/aromatic N) is 5. The summed E-state index contributed by atoms with van der Waals surface area (Å²) in [5.74, 6) is 0.860. The number of tetrazole rings is 1. The molecule has 10 heteroatoms. The van der Waals surface area contributed by atoms with Gasteiger partial charge in [0.05, 0.1) is 25.5 Å². The van der Waals surface area contributed by atoms with Crippen molar-refractivity contribution in [2.24, 2.45) is 0 Å². The maximum atomic E-state index is 12.7. The van der Waals surface area contributed by atoms with Crippen LogP contribution in [-0.2, 0) is 0 Å². The van der Waals surface area contributed by atoms with Crippen molar-refractivity contribution < 1.29 is 14.3 Å². The SMILES string of the molecule is COc1cccc(-c2nc(C(=O)Nc3cccc(-n4cnnn4)c3)cs2)c1OC. The molecule has 0 bridgehead atoms. The van der Waals surface area contributed by atoms with E-state index in [9.17, 15) is 4.79 Å². The van der Waals surface area contributed by atoms with Gasteiger partial charge in [-0.3, -0.25) is 4.79 Å². The molecule has 2 heterocycles. The zero-order valence-corrected chi connectivity index (χ0v) is 16.4. The molecule has 1 N–H and O–H groups in total. The number of nitrogens with one attached hydrogen (secondary N) is 1. The Morgan fingerprint density at radius 3 is 2.76 bits per heavy atom. The number of anilines is 1. The predicted octanol–water partition coefficient (Wildman–Crippen LogP) is 3.06. The molecule has 0 radical (unpaired) electrons. The second-order valence-electron chi connectivity index (χ2n) is 5.84. The quantitative estimate of drug-likeness (QED) is 0.523. The lowest BCUT2D eigenvalue weighted by Crippen LogP contribution is -2.12. The van der Waals surface area contributed by atoms with Gasteiger partial charge in [0.15, 0.2) is 11.5 Å². The first-order valence-corrected chi connectivity index (χ1v) is 9.39. The number of thiazole rings is 1. The van der Waals surface area contributed by atoms with Gasteiger partial charge in [-0.2, -0.15) is 0 Å². The number of aromatic nitrogens is 5. The van der Waals surface area contributed by atoms with E-state index in [0.29, 0.717) is 27.9 Å². The summed E-state index contributed by atoms with van der Waals surface area (Å²) in [6.45, 7) is 0. The van der Waals surface area contributed by atoms with Gasteiger partial charge in [-0.1, -0.05) is 12.1 Å². The van der Waals surface area contributed by atoms with Crippen LogP contribution in [0.25, 0.3) is 16.3 Å². The summed E-state index contributed by atoms with van der Waals surface area (Å²) in [6, 6.07) is 12.7. The van der Waals surface area contributed by atoms with E-state index in [1.54, 1.807) is 43.9 Å². The molecule has 4 rings (SSSR count). The van der Waals surface area contributed by atoms with Gasteiger partial charge < -0.3 is 14.8 Å². The summed E-state index contributed by atoms with van der Waals surface area (Å²) in [4.78, 5) is 17.1. The maximum Gasteiger partial charge on any atom is 0.275 e. The molecular weight excluding hydrogens is 392 g/mol. The average molecular weight is 408 g/mol. The Morgan fingerprint density at radius 2 is 2.00 bits per heavy atom. The molecule has 0 aliphatic carbocycles. The number of rotatable bonds is 6. The summed E-state index contributed by atoms with van der Waals surface area (Å²) in [5.41, 5.74) is 2.41. The largest absolute Gasteiger partial charge is 0.493 e. The van der Waals surface area contributed by atoms with Crippen LogP contribution < -0.4 is 14.8 Å². The average Bonchev–Trinajstić information content (AvgIpc) is 3.45. The van der Waals surface area contributed by atoms with Crippen molar-refractivity contribution in [3.8, 4) is 27.8 Å². The molecule has 0 unspecified atom stereocenters. The van der Waals surface area contributed by atoms with E-state index in [0.717, 1.165) is 11.3 Å². The van der Waals surface area contributed by atoms with Crippen molar-refractivity contribution in [1.82, 2.24) is 25.2 Å². The number of amides is 1. The van der Waals surface area contributed by atoms with Gasteiger partial charge in [-0.15, -0.1) is 16.4 Å². The summed E-state index contributed by atoms with van der Waals surface area (Å²) in [5, 5.41) is 16.3. The van der Waals surface area contributed by atoms with Gasteiger partial charge in [0.25, 0.3) is 5.91 Å². The highest BCUT2D eigenvalue weighted by Gasteiger charge is 2.17. The van der Waals surface area contributed by atoms with Crippen molar-refractivity contribution >= 4 is 22.9 Å². The highest BCUT2D eigenvalue weighted by molar-refractivity contribution is 7.13.